The zero-order valence-electron chi connectivity index (χ0n) is 7.12. The second-order valence-electron chi connectivity index (χ2n) is 2.82. The molecule has 0 aliphatic heterocycles. The lowest BCUT2D eigenvalue weighted by Gasteiger charge is -2.09. The van der Waals surface area contributed by atoms with E-state index in [0.717, 1.165) is 11.1 Å². The standard InChI is InChI=1S/C10H13NO/c1-3-9(11)8-6-7(2)4-5-10(8)12/h3-6,9,12H,1,11H2,2H3. The van der Waals surface area contributed by atoms with Crippen molar-refractivity contribution in [3.05, 3.63) is 42.0 Å². The summed E-state index contributed by atoms with van der Waals surface area (Å²) in [5.41, 5.74) is 7.50. The van der Waals surface area contributed by atoms with Gasteiger partial charge in [0.15, 0.2) is 0 Å². The summed E-state index contributed by atoms with van der Waals surface area (Å²) in [5.74, 6) is 0.230. The average Bonchev–Trinajstić information content (AvgIpc) is 2.08. The van der Waals surface area contributed by atoms with Crippen molar-refractivity contribution >= 4 is 0 Å². The topological polar surface area (TPSA) is 46.2 Å². The lowest BCUT2D eigenvalue weighted by molar-refractivity contribution is 0.465. The fourth-order valence-electron chi connectivity index (χ4n) is 1.07. The van der Waals surface area contributed by atoms with Gasteiger partial charge >= 0.3 is 0 Å². The molecule has 0 heterocycles. The molecule has 0 aromatic heterocycles. The van der Waals surface area contributed by atoms with E-state index in [2.05, 4.69) is 6.58 Å². The van der Waals surface area contributed by atoms with Crippen molar-refractivity contribution in [2.75, 3.05) is 0 Å². The van der Waals surface area contributed by atoms with Crippen LogP contribution in [0.3, 0.4) is 0 Å². The minimum Gasteiger partial charge on any atom is -0.508 e. The van der Waals surface area contributed by atoms with Crippen LogP contribution in [0, 0.1) is 6.92 Å². The molecule has 3 N–H and O–H groups in total. The molecule has 0 fully saturated rings. The van der Waals surface area contributed by atoms with Crippen molar-refractivity contribution in [1.29, 1.82) is 0 Å². The van der Waals surface area contributed by atoms with Crippen LogP contribution >= 0.6 is 0 Å². The maximum atomic E-state index is 9.41. The predicted molar refractivity (Wildman–Crippen MR) is 50.0 cm³/mol. The monoisotopic (exact) mass is 163 g/mol. The Labute approximate surface area is 72.3 Å². The number of rotatable bonds is 2. The van der Waals surface area contributed by atoms with Gasteiger partial charge in [-0.2, -0.15) is 0 Å². The fraction of sp³-hybridized carbons (Fsp3) is 0.200. The molecule has 0 spiro atoms. The van der Waals surface area contributed by atoms with Crippen LogP contribution in [0.4, 0.5) is 0 Å². The molecule has 0 aliphatic rings. The van der Waals surface area contributed by atoms with Crippen LogP contribution in [0.5, 0.6) is 5.75 Å². The van der Waals surface area contributed by atoms with Gasteiger partial charge in [0.2, 0.25) is 0 Å². The highest BCUT2D eigenvalue weighted by molar-refractivity contribution is 5.39. The molecule has 0 radical (unpaired) electrons. The Balaban J connectivity index is 3.12. The zero-order chi connectivity index (χ0) is 9.14. The summed E-state index contributed by atoms with van der Waals surface area (Å²) in [6.07, 6.45) is 1.61. The number of hydrogen-bond acceptors (Lipinski definition) is 2. The number of aromatic hydroxyl groups is 1. The Bertz CT molecular complexity index is 294. The van der Waals surface area contributed by atoms with Crippen molar-refractivity contribution in [2.45, 2.75) is 13.0 Å². The second-order valence-corrected chi connectivity index (χ2v) is 2.82. The minimum absolute atomic E-state index is 0.230. The number of nitrogens with two attached hydrogens (primary N) is 1. The number of benzene rings is 1. The zero-order valence-corrected chi connectivity index (χ0v) is 7.12. The largest absolute Gasteiger partial charge is 0.508 e. The van der Waals surface area contributed by atoms with E-state index >= 15 is 0 Å². The Morgan fingerprint density at radius 3 is 2.83 bits per heavy atom. The summed E-state index contributed by atoms with van der Waals surface area (Å²) in [6, 6.07) is 5.06. The van der Waals surface area contributed by atoms with Crippen LogP contribution in [-0.4, -0.2) is 5.11 Å². The quantitative estimate of drug-likeness (QED) is 0.654. The highest BCUT2D eigenvalue weighted by Gasteiger charge is 2.06. The number of phenols is 1. The van der Waals surface area contributed by atoms with E-state index in [4.69, 9.17) is 5.73 Å². The first-order valence-electron chi connectivity index (χ1n) is 3.83. The van der Waals surface area contributed by atoms with Crippen LogP contribution < -0.4 is 5.73 Å². The van der Waals surface area contributed by atoms with Crippen molar-refractivity contribution < 1.29 is 5.11 Å². The van der Waals surface area contributed by atoms with Gasteiger partial charge in [0, 0.05) is 5.56 Å². The van der Waals surface area contributed by atoms with Gasteiger partial charge in [0.1, 0.15) is 5.75 Å². The van der Waals surface area contributed by atoms with E-state index in [0.29, 0.717) is 0 Å². The summed E-state index contributed by atoms with van der Waals surface area (Å²) < 4.78 is 0. The molecule has 1 atom stereocenters. The van der Waals surface area contributed by atoms with E-state index in [9.17, 15) is 5.11 Å². The van der Waals surface area contributed by atoms with Gasteiger partial charge in [-0.1, -0.05) is 23.8 Å². The molecule has 1 aromatic carbocycles. The van der Waals surface area contributed by atoms with Crippen LogP contribution in [0.2, 0.25) is 0 Å². The maximum Gasteiger partial charge on any atom is 0.120 e. The number of hydrogen-bond donors (Lipinski definition) is 2. The van der Waals surface area contributed by atoms with E-state index < -0.39 is 0 Å². The molecule has 0 aliphatic carbocycles. The normalized spacial score (nSPS) is 12.5. The van der Waals surface area contributed by atoms with Crippen molar-refractivity contribution in [3.8, 4) is 5.75 Å². The van der Waals surface area contributed by atoms with Gasteiger partial charge < -0.3 is 10.8 Å². The lowest BCUT2D eigenvalue weighted by atomic mass is 10.0. The van der Waals surface area contributed by atoms with Crippen molar-refractivity contribution in [3.63, 3.8) is 0 Å². The van der Waals surface area contributed by atoms with Crippen LogP contribution in [-0.2, 0) is 0 Å². The summed E-state index contributed by atoms with van der Waals surface area (Å²) in [6.45, 7) is 5.53. The first kappa shape index (κ1) is 8.81. The van der Waals surface area contributed by atoms with Gasteiger partial charge in [-0.15, -0.1) is 6.58 Å². The molecule has 12 heavy (non-hydrogen) atoms. The third-order valence-electron chi connectivity index (χ3n) is 1.80. The molecular formula is C10H13NO. The highest BCUT2D eigenvalue weighted by atomic mass is 16.3. The molecule has 1 rings (SSSR count). The highest BCUT2D eigenvalue weighted by Crippen LogP contribution is 2.23. The first-order valence-corrected chi connectivity index (χ1v) is 3.83. The van der Waals surface area contributed by atoms with Gasteiger partial charge in [0.05, 0.1) is 6.04 Å². The van der Waals surface area contributed by atoms with E-state index in [1.54, 1.807) is 12.1 Å². The number of aryl methyl sites for hydroxylation is 1. The SMILES string of the molecule is C=CC(N)c1cc(C)ccc1O. The minimum atomic E-state index is -0.287. The van der Waals surface area contributed by atoms with Crippen LogP contribution in [0.25, 0.3) is 0 Å². The Morgan fingerprint density at radius 1 is 1.58 bits per heavy atom. The van der Waals surface area contributed by atoms with Gasteiger partial charge in [-0.05, 0) is 13.0 Å². The molecule has 1 aromatic rings. The Morgan fingerprint density at radius 2 is 2.25 bits per heavy atom. The van der Waals surface area contributed by atoms with Crippen LogP contribution in [0.15, 0.2) is 30.9 Å². The van der Waals surface area contributed by atoms with E-state index in [1.165, 1.54) is 0 Å². The fourth-order valence-corrected chi connectivity index (χ4v) is 1.07. The summed E-state index contributed by atoms with van der Waals surface area (Å²) in [4.78, 5) is 0. The summed E-state index contributed by atoms with van der Waals surface area (Å²) >= 11 is 0. The van der Waals surface area contributed by atoms with Crippen molar-refractivity contribution in [2.24, 2.45) is 5.73 Å². The molecule has 0 bridgehead atoms. The molecule has 2 heteroatoms. The van der Waals surface area contributed by atoms with Crippen LogP contribution in [0.1, 0.15) is 17.2 Å². The summed E-state index contributed by atoms with van der Waals surface area (Å²) in [5, 5.41) is 9.41. The average molecular weight is 163 g/mol. The first-order chi connectivity index (χ1) is 5.65. The molecule has 2 nitrogen and oxygen atoms in total. The van der Waals surface area contributed by atoms with E-state index in [-0.39, 0.29) is 11.8 Å². The molecule has 1 unspecified atom stereocenters. The number of phenolic OH excluding ortho intramolecular Hbond substituents is 1. The van der Waals surface area contributed by atoms with Crippen molar-refractivity contribution in [1.82, 2.24) is 0 Å². The second kappa shape index (κ2) is 3.41. The van der Waals surface area contributed by atoms with E-state index in [1.807, 2.05) is 19.1 Å². The summed E-state index contributed by atoms with van der Waals surface area (Å²) in [7, 11) is 0. The maximum absolute atomic E-state index is 9.41. The van der Waals surface area contributed by atoms with Gasteiger partial charge in [-0.3, -0.25) is 0 Å². The molecular weight excluding hydrogens is 150 g/mol. The van der Waals surface area contributed by atoms with Gasteiger partial charge in [0.25, 0.3) is 0 Å². The Hall–Kier alpha value is -1.28. The third kappa shape index (κ3) is 1.66. The Kier molecular flexibility index (Phi) is 2.51. The molecule has 0 amide bonds. The molecule has 64 valence electrons. The molecule has 0 saturated carbocycles. The molecule has 0 saturated heterocycles. The predicted octanol–water partition coefficient (Wildman–Crippen LogP) is 1.89. The third-order valence-corrected chi connectivity index (χ3v) is 1.80. The lowest BCUT2D eigenvalue weighted by Crippen LogP contribution is -2.06. The van der Waals surface area contributed by atoms with Gasteiger partial charge in [-0.25, -0.2) is 0 Å². The smallest absolute Gasteiger partial charge is 0.120 e.